The van der Waals surface area contributed by atoms with Crippen LogP contribution in [0, 0.1) is 0 Å². The smallest absolute Gasteiger partial charge is 0.146 e. The van der Waals surface area contributed by atoms with Crippen molar-refractivity contribution < 1.29 is 0 Å². The molecule has 0 fully saturated rings. The van der Waals surface area contributed by atoms with Gasteiger partial charge >= 0.3 is 0 Å². The molecule has 0 saturated carbocycles. The van der Waals surface area contributed by atoms with E-state index in [0.29, 0.717) is 0 Å². The van der Waals surface area contributed by atoms with E-state index in [4.69, 9.17) is 4.98 Å². The van der Waals surface area contributed by atoms with Gasteiger partial charge in [0.2, 0.25) is 0 Å². The Labute approximate surface area is 177 Å². The van der Waals surface area contributed by atoms with Crippen LogP contribution in [-0.2, 0) is 12.8 Å². The number of nitrogens with zero attached hydrogens (tertiary/aromatic N) is 4. The topological polar surface area (TPSA) is 43.1 Å². The lowest BCUT2D eigenvalue weighted by atomic mass is 9.97. The van der Waals surface area contributed by atoms with Crippen molar-refractivity contribution in [3.63, 3.8) is 0 Å². The van der Waals surface area contributed by atoms with Crippen LogP contribution >= 0.6 is 0 Å². The first-order valence-electron chi connectivity index (χ1n) is 10.6. The zero-order valence-corrected chi connectivity index (χ0v) is 16.6. The number of hydrogen-bond donors (Lipinski definition) is 0. The first-order valence-corrected chi connectivity index (χ1v) is 10.6. The lowest BCUT2D eigenvalue weighted by Gasteiger charge is -2.10. The predicted molar refractivity (Wildman–Crippen MR) is 122 cm³/mol. The van der Waals surface area contributed by atoms with Gasteiger partial charge in [0, 0.05) is 52.9 Å². The minimum absolute atomic E-state index is 0.914. The maximum absolute atomic E-state index is 5.20. The van der Waals surface area contributed by atoms with Gasteiger partial charge in [-0.05, 0) is 46.4 Å². The highest BCUT2D eigenvalue weighted by molar-refractivity contribution is 6.11. The van der Waals surface area contributed by atoms with E-state index in [0.717, 1.165) is 45.9 Å². The van der Waals surface area contributed by atoms with Crippen LogP contribution in [0.5, 0.6) is 0 Å². The van der Waals surface area contributed by atoms with Gasteiger partial charge in [0.1, 0.15) is 5.65 Å². The molecule has 0 atom stereocenters. The summed E-state index contributed by atoms with van der Waals surface area (Å²) < 4.78 is 2.35. The van der Waals surface area contributed by atoms with Crippen LogP contribution in [0.15, 0.2) is 73.3 Å². The summed E-state index contributed by atoms with van der Waals surface area (Å²) in [7, 11) is 0. The summed E-state index contributed by atoms with van der Waals surface area (Å²) in [5, 5.41) is 3.35. The largest absolute Gasteiger partial charge is 0.295 e. The number of rotatable bonds is 0. The average Bonchev–Trinajstić information content (AvgIpc) is 3.49. The van der Waals surface area contributed by atoms with Gasteiger partial charge in [-0.25, -0.2) is 4.98 Å². The minimum atomic E-state index is 0.914. The van der Waals surface area contributed by atoms with Crippen molar-refractivity contribution >= 4 is 27.3 Å². The molecule has 2 aliphatic carbocycles. The van der Waals surface area contributed by atoms with E-state index in [1.807, 2.05) is 24.8 Å². The number of hydrogen-bond acceptors (Lipinski definition) is 3. The lowest BCUT2D eigenvalue weighted by Crippen LogP contribution is -1.98. The summed E-state index contributed by atoms with van der Waals surface area (Å²) in [6.07, 6.45) is 9.52. The molecule has 2 aromatic carbocycles. The van der Waals surface area contributed by atoms with Crippen LogP contribution in [-0.4, -0.2) is 19.4 Å². The fourth-order valence-electron chi connectivity index (χ4n) is 5.73. The van der Waals surface area contributed by atoms with Gasteiger partial charge in [0.05, 0.1) is 16.9 Å². The van der Waals surface area contributed by atoms with Gasteiger partial charge in [-0.1, -0.05) is 36.4 Å². The lowest BCUT2D eigenvalue weighted by molar-refractivity contribution is 1.07. The maximum atomic E-state index is 5.20. The second-order valence-corrected chi connectivity index (χ2v) is 8.51. The molecule has 0 amide bonds. The van der Waals surface area contributed by atoms with E-state index in [1.165, 1.54) is 39.1 Å². The monoisotopic (exact) mass is 396 g/mol. The van der Waals surface area contributed by atoms with Crippen molar-refractivity contribution in [3.8, 4) is 22.4 Å². The van der Waals surface area contributed by atoms with Gasteiger partial charge < -0.3 is 0 Å². The normalized spacial score (nSPS) is 13.5. The number of fused-ring (bicyclic) bond motifs is 14. The molecular weight excluding hydrogens is 380 g/mol. The van der Waals surface area contributed by atoms with Crippen molar-refractivity contribution in [1.82, 2.24) is 19.4 Å². The molecule has 0 unspecified atom stereocenters. The minimum Gasteiger partial charge on any atom is -0.295 e. The zero-order chi connectivity index (χ0) is 20.1. The number of benzene rings is 2. The van der Waals surface area contributed by atoms with Gasteiger partial charge in [0.15, 0.2) is 0 Å². The van der Waals surface area contributed by atoms with Gasteiger partial charge in [-0.2, -0.15) is 0 Å². The highest BCUT2D eigenvalue weighted by atomic mass is 15.0. The third-order valence-corrected chi connectivity index (χ3v) is 7.07. The van der Waals surface area contributed by atoms with Crippen molar-refractivity contribution in [2.24, 2.45) is 0 Å². The number of imidazole rings is 1. The Morgan fingerprint density at radius 3 is 2.45 bits per heavy atom. The molecule has 0 bridgehead atoms. The number of pyridine rings is 3. The second-order valence-electron chi connectivity index (χ2n) is 8.51. The fourth-order valence-corrected chi connectivity index (χ4v) is 5.73. The van der Waals surface area contributed by atoms with Crippen molar-refractivity contribution in [3.05, 3.63) is 95.7 Å². The van der Waals surface area contributed by atoms with Gasteiger partial charge in [-0.3, -0.25) is 14.4 Å². The zero-order valence-electron chi connectivity index (χ0n) is 16.6. The van der Waals surface area contributed by atoms with Crippen LogP contribution in [0.25, 0.3) is 49.7 Å². The Morgan fingerprint density at radius 1 is 0.677 bits per heavy atom. The second kappa shape index (κ2) is 5.35. The average molecular weight is 396 g/mol. The Morgan fingerprint density at radius 2 is 1.48 bits per heavy atom. The third-order valence-electron chi connectivity index (χ3n) is 7.07. The fraction of sp³-hybridized carbons (Fsp3) is 0.0741. The SMILES string of the molecule is c1ccc2c(c1)Cc1c-2ccc2c1Cc1c-2nc2c3ccncc3c3cnccc3n12. The Bertz CT molecular complexity index is 1740. The van der Waals surface area contributed by atoms with Gasteiger partial charge in [-0.15, -0.1) is 0 Å². The molecule has 2 aliphatic rings. The van der Waals surface area contributed by atoms with E-state index in [9.17, 15) is 0 Å². The summed E-state index contributed by atoms with van der Waals surface area (Å²) in [4.78, 5) is 14.0. The Balaban J connectivity index is 1.47. The molecule has 0 saturated heterocycles. The molecule has 144 valence electrons. The Hall–Kier alpha value is -4.05. The van der Waals surface area contributed by atoms with E-state index in [2.05, 4.69) is 62.9 Å². The van der Waals surface area contributed by atoms with Crippen molar-refractivity contribution in [1.29, 1.82) is 0 Å². The first kappa shape index (κ1) is 15.7. The molecule has 0 spiro atoms. The molecule has 0 N–H and O–H groups in total. The third kappa shape index (κ3) is 1.84. The molecule has 4 heterocycles. The summed E-state index contributed by atoms with van der Waals surface area (Å²) in [5.41, 5.74) is 13.0. The van der Waals surface area contributed by atoms with Crippen molar-refractivity contribution in [2.45, 2.75) is 12.8 Å². The van der Waals surface area contributed by atoms with Crippen LogP contribution in [0.1, 0.15) is 22.4 Å². The highest BCUT2D eigenvalue weighted by Crippen LogP contribution is 2.47. The molecule has 0 radical (unpaired) electrons. The van der Waals surface area contributed by atoms with Crippen LogP contribution < -0.4 is 0 Å². The molecular formula is C27H16N4. The standard InChI is InChI=1S/C27H16N4/c1-2-4-16-15(3-1)11-20-17(16)5-6-18-21(20)12-25-26(18)30-27-19-7-9-28-13-22(19)23-14-29-10-8-24(23)31(25)27/h1-10,13-14H,11-12H2. The molecule has 4 aromatic heterocycles. The van der Waals surface area contributed by atoms with E-state index >= 15 is 0 Å². The molecule has 8 rings (SSSR count). The Kier molecular flexibility index (Phi) is 2.72. The summed E-state index contributed by atoms with van der Waals surface area (Å²) in [5.74, 6) is 0. The molecule has 6 aromatic rings. The molecule has 31 heavy (non-hydrogen) atoms. The van der Waals surface area contributed by atoms with Crippen molar-refractivity contribution in [2.75, 3.05) is 0 Å². The summed E-state index contributed by atoms with van der Waals surface area (Å²) in [6.45, 7) is 0. The first-order chi connectivity index (χ1) is 15.4. The van der Waals surface area contributed by atoms with Crippen LogP contribution in [0.2, 0.25) is 0 Å². The van der Waals surface area contributed by atoms with E-state index < -0.39 is 0 Å². The summed E-state index contributed by atoms with van der Waals surface area (Å²) >= 11 is 0. The number of aromatic nitrogens is 4. The highest BCUT2D eigenvalue weighted by Gasteiger charge is 2.31. The maximum Gasteiger partial charge on any atom is 0.146 e. The van der Waals surface area contributed by atoms with E-state index in [-0.39, 0.29) is 0 Å². The summed E-state index contributed by atoms with van der Waals surface area (Å²) in [6, 6.07) is 17.5. The van der Waals surface area contributed by atoms with Gasteiger partial charge in [0.25, 0.3) is 0 Å². The van der Waals surface area contributed by atoms with E-state index in [1.54, 1.807) is 0 Å². The van der Waals surface area contributed by atoms with Crippen LogP contribution in [0.3, 0.4) is 0 Å². The molecule has 0 aliphatic heterocycles. The van der Waals surface area contributed by atoms with Crippen LogP contribution in [0.4, 0.5) is 0 Å². The predicted octanol–water partition coefficient (Wildman–Crippen LogP) is 5.57. The molecule has 4 heteroatoms. The quantitative estimate of drug-likeness (QED) is 0.315. The molecule has 4 nitrogen and oxygen atoms in total.